The maximum absolute atomic E-state index is 14.5. The molecule has 2 fully saturated rings. The Bertz CT molecular complexity index is 1410. The summed E-state index contributed by atoms with van der Waals surface area (Å²) in [5.74, 6) is -0.475. The Labute approximate surface area is 246 Å². The molecule has 0 spiro atoms. The largest absolute Gasteiger partial charge is 0.465 e. The highest BCUT2D eigenvalue weighted by Gasteiger charge is 2.43. The number of hydrogen-bond donors (Lipinski definition) is 1. The molecule has 1 N–H and O–H groups in total. The molecule has 11 heteroatoms. The van der Waals surface area contributed by atoms with Crippen LogP contribution in [0.2, 0.25) is 0 Å². The number of fused-ring (bicyclic) bond motifs is 1. The number of piperazine rings is 1. The highest BCUT2D eigenvalue weighted by molar-refractivity contribution is 5.97. The Kier molecular flexibility index (Phi) is 8.46. The summed E-state index contributed by atoms with van der Waals surface area (Å²) in [7, 11) is 1.72. The first kappa shape index (κ1) is 30.2. The van der Waals surface area contributed by atoms with Gasteiger partial charge in [0, 0.05) is 75.3 Å². The van der Waals surface area contributed by atoms with Crippen molar-refractivity contribution in [2.24, 2.45) is 7.05 Å². The third-order valence-corrected chi connectivity index (χ3v) is 9.08. The van der Waals surface area contributed by atoms with Crippen LogP contribution in [0.25, 0.3) is 0 Å². The van der Waals surface area contributed by atoms with E-state index in [0.717, 1.165) is 12.2 Å². The molecule has 2 aromatic rings. The van der Waals surface area contributed by atoms with Crippen molar-refractivity contribution < 1.29 is 23.8 Å². The van der Waals surface area contributed by atoms with Gasteiger partial charge in [0.2, 0.25) is 5.91 Å². The molecule has 42 heavy (non-hydrogen) atoms. The normalized spacial score (nSPS) is 24.6. The van der Waals surface area contributed by atoms with Crippen molar-refractivity contribution >= 4 is 17.7 Å². The topological polar surface area (TPSA) is 98.6 Å². The maximum atomic E-state index is 14.5. The predicted molar refractivity (Wildman–Crippen MR) is 158 cm³/mol. The summed E-state index contributed by atoms with van der Waals surface area (Å²) in [5, 5.41) is 9.84. The number of carbonyl (C=O) groups is 2. The van der Waals surface area contributed by atoms with E-state index in [1.165, 1.54) is 11.0 Å². The van der Waals surface area contributed by atoms with Crippen molar-refractivity contribution in [1.29, 1.82) is 0 Å². The molecule has 0 radical (unpaired) electrons. The van der Waals surface area contributed by atoms with Gasteiger partial charge < -0.3 is 24.2 Å². The van der Waals surface area contributed by atoms with Crippen LogP contribution in [-0.4, -0.2) is 107 Å². The standard InChI is InChI=1S/C31H42FN5O5/c1-20-14-35(24(16-36(20)30(40)41)15-34-10-11-42-18-21(34)2)17-27(38)37-19-31(3,4)28-26(37)13-23(29(39)33(28)5)12-22-8-6-7-9-25(22)32/h6-9,13,20-21,24H,10-12,14-19H2,1-5H3,(H,40,41)/t20-,21-,24+/m1/s1. The Hall–Kier alpha value is -3.28. The van der Waals surface area contributed by atoms with Crippen LogP contribution < -0.4 is 10.5 Å². The van der Waals surface area contributed by atoms with Gasteiger partial charge in [-0.1, -0.05) is 32.0 Å². The van der Waals surface area contributed by atoms with Crippen molar-refractivity contribution in [3.63, 3.8) is 0 Å². The lowest BCUT2D eigenvalue weighted by atomic mass is 9.90. The van der Waals surface area contributed by atoms with E-state index < -0.39 is 11.5 Å². The number of anilines is 1. The summed E-state index contributed by atoms with van der Waals surface area (Å²) in [6, 6.07) is 7.95. The minimum Gasteiger partial charge on any atom is -0.465 e. The number of nitrogens with zero attached hydrogens (tertiary/aromatic N) is 5. The minimum atomic E-state index is -0.952. The van der Waals surface area contributed by atoms with Gasteiger partial charge in [-0.2, -0.15) is 0 Å². The summed E-state index contributed by atoms with van der Waals surface area (Å²) in [6.07, 6.45) is -0.823. The third kappa shape index (κ3) is 5.82. The fourth-order valence-corrected chi connectivity index (χ4v) is 6.85. The van der Waals surface area contributed by atoms with Gasteiger partial charge in [-0.05, 0) is 31.5 Å². The van der Waals surface area contributed by atoms with Crippen molar-refractivity contribution in [2.75, 3.05) is 57.4 Å². The smallest absolute Gasteiger partial charge is 0.407 e. The second kappa shape index (κ2) is 11.8. The second-order valence-corrected chi connectivity index (χ2v) is 12.7. The van der Waals surface area contributed by atoms with E-state index in [9.17, 15) is 23.9 Å². The number of carboxylic acid groups (broad SMARTS) is 1. The minimum absolute atomic E-state index is 0.103. The third-order valence-electron chi connectivity index (χ3n) is 9.08. The number of carbonyl (C=O) groups excluding carboxylic acids is 1. The first-order valence-electron chi connectivity index (χ1n) is 14.7. The Morgan fingerprint density at radius 1 is 1.10 bits per heavy atom. The number of rotatable bonds is 6. The lowest BCUT2D eigenvalue weighted by Gasteiger charge is -2.47. The molecule has 10 nitrogen and oxygen atoms in total. The molecule has 3 atom stereocenters. The molecular formula is C31H42FN5O5. The molecule has 0 bridgehead atoms. The van der Waals surface area contributed by atoms with Gasteiger partial charge in [0.05, 0.1) is 31.1 Å². The van der Waals surface area contributed by atoms with Crippen molar-refractivity contribution in [1.82, 2.24) is 19.3 Å². The number of benzene rings is 1. The number of amides is 2. The van der Waals surface area contributed by atoms with E-state index in [1.54, 1.807) is 40.8 Å². The van der Waals surface area contributed by atoms with Crippen molar-refractivity contribution in [2.45, 2.75) is 57.7 Å². The zero-order chi connectivity index (χ0) is 30.3. The summed E-state index contributed by atoms with van der Waals surface area (Å²) < 4.78 is 21.7. The van der Waals surface area contributed by atoms with E-state index in [4.69, 9.17) is 4.74 Å². The lowest BCUT2D eigenvalue weighted by Crippen LogP contribution is -2.64. The molecule has 228 valence electrons. The summed E-state index contributed by atoms with van der Waals surface area (Å²) in [6.45, 7) is 12.0. The molecule has 5 rings (SSSR count). The number of pyridine rings is 1. The van der Waals surface area contributed by atoms with Crippen molar-refractivity contribution in [3.8, 4) is 0 Å². The average molecular weight is 584 g/mol. The van der Waals surface area contributed by atoms with Crippen LogP contribution in [0.1, 0.15) is 44.5 Å². The van der Waals surface area contributed by atoms with E-state index in [0.29, 0.717) is 56.2 Å². The van der Waals surface area contributed by atoms with Gasteiger partial charge >= 0.3 is 6.09 Å². The van der Waals surface area contributed by atoms with Crippen LogP contribution >= 0.6 is 0 Å². The van der Waals surface area contributed by atoms with Gasteiger partial charge in [-0.25, -0.2) is 9.18 Å². The van der Waals surface area contributed by atoms with E-state index in [2.05, 4.69) is 16.7 Å². The van der Waals surface area contributed by atoms with Gasteiger partial charge in [0.15, 0.2) is 0 Å². The molecule has 1 aromatic carbocycles. The Balaban J connectivity index is 1.43. The lowest BCUT2D eigenvalue weighted by molar-refractivity contribution is -0.121. The van der Waals surface area contributed by atoms with Crippen LogP contribution in [0.5, 0.6) is 0 Å². The van der Waals surface area contributed by atoms with Gasteiger partial charge in [0.25, 0.3) is 5.56 Å². The van der Waals surface area contributed by atoms with Crippen LogP contribution in [0, 0.1) is 5.82 Å². The van der Waals surface area contributed by atoms with Crippen LogP contribution in [0.15, 0.2) is 35.1 Å². The quantitative estimate of drug-likeness (QED) is 0.558. The Morgan fingerprint density at radius 3 is 2.52 bits per heavy atom. The van der Waals surface area contributed by atoms with Crippen LogP contribution in [0.4, 0.5) is 14.9 Å². The van der Waals surface area contributed by atoms with Crippen molar-refractivity contribution in [3.05, 3.63) is 63.3 Å². The van der Waals surface area contributed by atoms with Gasteiger partial charge in [-0.15, -0.1) is 0 Å². The molecular weight excluding hydrogens is 541 g/mol. The summed E-state index contributed by atoms with van der Waals surface area (Å²) >= 11 is 0. The molecule has 1 aromatic heterocycles. The predicted octanol–water partition coefficient (Wildman–Crippen LogP) is 2.51. The van der Waals surface area contributed by atoms with Gasteiger partial charge in [-0.3, -0.25) is 19.4 Å². The average Bonchev–Trinajstić information content (AvgIpc) is 3.20. The molecule has 0 aliphatic carbocycles. The highest BCUT2D eigenvalue weighted by atomic mass is 19.1. The maximum Gasteiger partial charge on any atom is 0.407 e. The fraction of sp³-hybridized carbons (Fsp3) is 0.581. The van der Waals surface area contributed by atoms with Crippen LogP contribution in [-0.2, 0) is 28.4 Å². The number of hydrogen-bond acceptors (Lipinski definition) is 6. The SMILES string of the molecule is C[C@@H]1COCCN1C[C@H]1CN(C(=O)O)[C@H](C)CN1CC(=O)N1CC(C)(C)c2c1cc(Cc1ccccc1F)c(=O)n2C. The molecule has 2 saturated heterocycles. The van der Waals surface area contributed by atoms with Gasteiger partial charge in [0.1, 0.15) is 5.82 Å². The molecule has 0 saturated carbocycles. The van der Waals surface area contributed by atoms with E-state index >= 15 is 0 Å². The molecule has 3 aliphatic rings. The summed E-state index contributed by atoms with van der Waals surface area (Å²) in [4.78, 5) is 47.1. The van der Waals surface area contributed by atoms with E-state index in [-0.39, 0.29) is 48.4 Å². The number of halogens is 1. The number of ether oxygens (including phenoxy) is 1. The monoisotopic (exact) mass is 583 g/mol. The number of aromatic nitrogens is 1. The second-order valence-electron chi connectivity index (χ2n) is 12.7. The first-order valence-corrected chi connectivity index (χ1v) is 14.7. The fourth-order valence-electron chi connectivity index (χ4n) is 6.85. The number of morpholine rings is 1. The zero-order valence-corrected chi connectivity index (χ0v) is 25.2. The molecule has 3 aliphatic heterocycles. The molecule has 2 amide bonds. The highest BCUT2D eigenvalue weighted by Crippen LogP contribution is 2.40. The Morgan fingerprint density at radius 2 is 1.83 bits per heavy atom. The molecule has 4 heterocycles. The zero-order valence-electron chi connectivity index (χ0n) is 25.2. The van der Waals surface area contributed by atoms with Crippen LogP contribution in [0.3, 0.4) is 0 Å². The summed E-state index contributed by atoms with van der Waals surface area (Å²) in [5.41, 5.74) is 1.65. The first-order chi connectivity index (χ1) is 19.9. The molecule has 0 unspecified atom stereocenters. The van der Waals surface area contributed by atoms with E-state index in [1.807, 2.05) is 20.8 Å².